The first kappa shape index (κ1) is 11.9. The molecule has 1 aromatic heterocycles. The Morgan fingerprint density at radius 3 is 3.00 bits per heavy atom. The SMILES string of the molecule is COCC(CCO)Nc1ccncc1C. The van der Waals surface area contributed by atoms with Crippen molar-refractivity contribution in [2.75, 3.05) is 25.6 Å². The van der Waals surface area contributed by atoms with E-state index in [2.05, 4.69) is 10.3 Å². The van der Waals surface area contributed by atoms with Crippen molar-refractivity contribution in [2.45, 2.75) is 19.4 Å². The normalized spacial score (nSPS) is 12.5. The summed E-state index contributed by atoms with van der Waals surface area (Å²) in [5.74, 6) is 0. The molecule has 0 fully saturated rings. The highest BCUT2D eigenvalue weighted by molar-refractivity contribution is 5.49. The molecule has 2 N–H and O–H groups in total. The first-order valence-corrected chi connectivity index (χ1v) is 5.05. The maximum Gasteiger partial charge on any atom is 0.0664 e. The highest BCUT2D eigenvalue weighted by Gasteiger charge is 2.08. The number of aromatic nitrogens is 1. The number of aliphatic hydroxyl groups excluding tert-OH is 1. The minimum absolute atomic E-state index is 0.140. The Balaban J connectivity index is 2.60. The van der Waals surface area contributed by atoms with Crippen LogP contribution in [0, 0.1) is 6.92 Å². The summed E-state index contributed by atoms with van der Waals surface area (Å²) in [6, 6.07) is 2.07. The van der Waals surface area contributed by atoms with E-state index in [0.717, 1.165) is 11.3 Å². The number of aryl methyl sites for hydroxylation is 1. The lowest BCUT2D eigenvalue weighted by Crippen LogP contribution is -2.26. The topological polar surface area (TPSA) is 54.4 Å². The molecule has 0 amide bonds. The third-order valence-corrected chi connectivity index (χ3v) is 2.23. The molecule has 0 aliphatic carbocycles. The van der Waals surface area contributed by atoms with E-state index >= 15 is 0 Å². The van der Waals surface area contributed by atoms with E-state index in [1.807, 2.05) is 19.2 Å². The molecule has 0 aromatic carbocycles. The number of aliphatic hydroxyl groups is 1. The van der Waals surface area contributed by atoms with Gasteiger partial charge in [0.2, 0.25) is 0 Å². The largest absolute Gasteiger partial charge is 0.396 e. The number of hydrogen-bond donors (Lipinski definition) is 2. The average Bonchev–Trinajstić information content (AvgIpc) is 2.22. The Kier molecular flexibility index (Phi) is 5.07. The van der Waals surface area contributed by atoms with Gasteiger partial charge >= 0.3 is 0 Å². The summed E-state index contributed by atoms with van der Waals surface area (Å²) >= 11 is 0. The van der Waals surface area contributed by atoms with Crippen LogP contribution < -0.4 is 5.32 Å². The maximum absolute atomic E-state index is 8.90. The van der Waals surface area contributed by atoms with Crippen LogP contribution in [0.25, 0.3) is 0 Å². The Labute approximate surface area is 90.3 Å². The zero-order valence-corrected chi connectivity index (χ0v) is 9.23. The molecule has 0 spiro atoms. The maximum atomic E-state index is 8.90. The molecule has 1 unspecified atom stereocenters. The van der Waals surface area contributed by atoms with Crippen molar-refractivity contribution < 1.29 is 9.84 Å². The van der Waals surface area contributed by atoms with Crippen molar-refractivity contribution in [3.05, 3.63) is 24.0 Å². The lowest BCUT2D eigenvalue weighted by atomic mass is 10.2. The second-order valence-corrected chi connectivity index (χ2v) is 3.50. The number of hydrogen-bond acceptors (Lipinski definition) is 4. The van der Waals surface area contributed by atoms with Crippen LogP contribution in [0.3, 0.4) is 0 Å². The Hall–Kier alpha value is -1.13. The van der Waals surface area contributed by atoms with E-state index in [-0.39, 0.29) is 12.6 Å². The number of rotatable bonds is 6. The Morgan fingerprint density at radius 2 is 2.40 bits per heavy atom. The van der Waals surface area contributed by atoms with Gasteiger partial charge in [0, 0.05) is 31.8 Å². The van der Waals surface area contributed by atoms with Crippen molar-refractivity contribution in [1.82, 2.24) is 4.98 Å². The van der Waals surface area contributed by atoms with Gasteiger partial charge in [-0.2, -0.15) is 0 Å². The monoisotopic (exact) mass is 210 g/mol. The van der Waals surface area contributed by atoms with Gasteiger partial charge in [0.15, 0.2) is 0 Å². The molecule has 1 atom stereocenters. The van der Waals surface area contributed by atoms with Crippen LogP contribution in [-0.2, 0) is 4.74 Å². The second-order valence-electron chi connectivity index (χ2n) is 3.50. The van der Waals surface area contributed by atoms with Crippen LogP contribution in [0.4, 0.5) is 5.69 Å². The summed E-state index contributed by atoms with van der Waals surface area (Å²) in [6.07, 6.45) is 4.24. The van der Waals surface area contributed by atoms with Gasteiger partial charge in [-0.05, 0) is 25.0 Å². The van der Waals surface area contributed by atoms with E-state index in [9.17, 15) is 0 Å². The van der Waals surface area contributed by atoms with Gasteiger partial charge in [-0.1, -0.05) is 0 Å². The van der Waals surface area contributed by atoms with Gasteiger partial charge in [0.25, 0.3) is 0 Å². The molecule has 0 bridgehead atoms. The lowest BCUT2D eigenvalue weighted by Gasteiger charge is -2.19. The van der Waals surface area contributed by atoms with Gasteiger partial charge in [-0.25, -0.2) is 0 Å². The molecule has 0 saturated heterocycles. The lowest BCUT2D eigenvalue weighted by molar-refractivity contribution is 0.170. The first-order chi connectivity index (χ1) is 7.27. The van der Waals surface area contributed by atoms with Crippen molar-refractivity contribution in [3.8, 4) is 0 Å². The quantitative estimate of drug-likeness (QED) is 0.740. The molecule has 1 heterocycles. The van der Waals surface area contributed by atoms with Crippen molar-refractivity contribution >= 4 is 5.69 Å². The molecule has 0 aliphatic rings. The molecule has 84 valence electrons. The summed E-state index contributed by atoms with van der Waals surface area (Å²) in [6.45, 7) is 2.74. The van der Waals surface area contributed by atoms with Gasteiger partial charge in [0.05, 0.1) is 12.6 Å². The zero-order valence-electron chi connectivity index (χ0n) is 9.23. The summed E-state index contributed by atoms with van der Waals surface area (Å²) in [5, 5.41) is 12.2. The van der Waals surface area contributed by atoms with Crippen molar-refractivity contribution in [2.24, 2.45) is 0 Å². The fourth-order valence-corrected chi connectivity index (χ4v) is 1.41. The molecule has 0 radical (unpaired) electrons. The van der Waals surface area contributed by atoms with Crippen molar-refractivity contribution in [3.63, 3.8) is 0 Å². The van der Waals surface area contributed by atoms with Crippen LogP contribution in [0.1, 0.15) is 12.0 Å². The third-order valence-electron chi connectivity index (χ3n) is 2.23. The smallest absolute Gasteiger partial charge is 0.0664 e. The van der Waals surface area contributed by atoms with E-state index in [0.29, 0.717) is 13.0 Å². The molecular weight excluding hydrogens is 192 g/mol. The number of anilines is 1. The van der Waals surface area contributed by atoms with Crippen LogP contribution in [0.15, 0.2) is 18.5 Å². The zero-order chi connectivity index (χ0) is 11.1. The third kappa shape index (κ3) is 3.85. The van der Waals surface area contributed by atoms with E-state index in [4.69, 9.17) is 9.84 Å². The molecule has 4 heteroatoms. The van der Waals surface area contributed by atoms with Crippen LogP contribution >= 0.6 is 0 Å². The predicted molar refractivity (Wildman–Crippen MR) is 60.0 cm³/mol. The second kappa shape index (κ2) is 6.37. The molecular formula is C11H18N2O2. The predicted octanol–water partition coefficient (Wildman–Crippen LogP) is 1.20. The molecule has 0 saturated carbocycles. The number of nitrogens with one attached hydrogen (secondary N) is 1. The van der Waals surface area contributed by atoms with Gasteiger partial charge in [0.1, 0.15) is 0 Å². The van der Waals surface area contributed by atoms with Crippen LogP contribution in [-0.4, -0.2) is 36.5 Å². The van der Waals surface area contributed by atoms with E-state index in [1.54, 1.807) is 13.3 Å². The molecule has 4 nitrogen and oxygen atoms in total. The molecule has 1 rings (SSSR count). The van der Waals surface area contributed by atoms with Crippen LogP contribution in [0.5, 0.6) is 0 Å². The number of pyridine rings is 1. The minimum atomic E-state index is 0.140. The minimum Gasteiger partial charge on any atom is -0.396 e. The van der Waals surface area contributed by atoms with Gasteiger partial charge < -0.3 is 15.2 Å². The summed E-state index contributed by atoms with van der Waals surface area (Å²) in [7, 11) is 1.66. The summed E-state index contributed by atoms with van der Waals surface area (Å²) in [4.78, 5) is 4.02. The molecule has 15 heavy (non-hydrogen) atoms. The van der Waals surface area contributed by atoms with Gasteiger partial charge in [-0.3, -0.25) is 4.98 Å². The van der Waals surface area contributed by atoms with E-state index in [1.165, 1.54) is 0 Å². The fraction of sp³-hybridized carbons (Fsp3) is 0.545. The Morgan fingerprint density at radius 1 is 1.60 bits per heavy atom. The van der Waals surface area contributed by atoms with Crippen molar-refractivity contribution in [1.29, 1.82) is 0 Å². The first-order valence-electron chi connectivity index (χ1n) is 5.05. The van der Waals surface area contributed by atoms with Gasteiger partial charge in [-0.15, -0.1) is 0 Å². The number of nitrogens with zero attached hydrogens (tertiary/aromatic N) is 1. The fourth-order valence-electron chi connectivity index (χ4n) is 1.41. The highest BCUT2D eigenvalue weighted by Crippen LogP contribution is 2.14. The summed E-state index contributed by atoms with van der Waals surface area (Å²) < 4.78 is 5.08. The molecule has 1 aromatic rings. The standard InChI is InChI=1S/C11H18N2O2/c1-9-7-12-5-3-11(9)13-10(4-6-14)8-15-2/h3,5,7,10,14H,4,6,8H2,1-2H3,(H,12,13). The molecule has 0 aliphatic heterocycles. The average molecular weight is 210 g/mol. The van der Waals surface area contributed by atoms with E-state index < -0.39 is 0 Å². The van der Waals surface area contributed by atoms with Crippen LogP contribution in [0.2, 0.25) is 0 Å². The summed E-state index contributed by atoms with van der Waals surface area (Å²) in [5.41, 5.74) is 2.14. The number of methoxy groups -OCH3 is 1. The number of ether oxygens (including phenoxy) is 1. The highest BCUT2D eigenvalue weighted by atomic mass is 16.5. The Bertz CT molecular complexity index is 286.